The highest BCUT2D eigenvalue weighted by molar-refractivity contribution is 6.31. The number of hydrogen-bond acceptors (Lipinski definition) is 4. The quantitative estimate of drug-likeness (QED) is 0.620. The minimum atomic E-state index is -0.522. The third-order valence-corrected chi connectivity index (χ3v) is 3.84. The van der Waals surface area contributed by atoms with E-state index in [1.165, 1.54) is 18.2 Å². The molecule has 1 amide bonds. The van der Waals surface area contributed by atoms with Crippen molar-refractivity contribution in [3.05, 3.63) is 58.6 Å². The maximum atomic E-state index is 12.0. The third-order valence-electron chi connectivity index (χ3n) is 3.60. The Hall–Kier alpha value is -2.53. The molecule has 126 valence electrons. The molecule has 0 aliphatic heterocycles. The molecule has 0 radical (unpaired) electrons. The van der Waals surface area contributed by atoms with Crippen LogP contribution < -0.4 is 10.3 Å². The molecule has 0 saturated heterocycles. The summed E-state index contributed by atoms with van der Waals surface area (Å²) >= 11 is 5.82. The zero-order valence-corrected chi connectivity index (χ0v) is 14.4. The summed E-state index contributed by atoms with van der Waals surface area (Å²) in [5, 5.41) is 14.0. The molecule has 2 N–H and O–H groups in total. The van der Waals surface area contributed by atoms with Gasteiger partial charge in [-0.1, -0.05) is 23.7 Å². The number of halogens is 1. The molecule has 0 heterocycles. The number of carbonyl (C=O) groups excluding carboxylic acids is 1. The second kappa shape index (κ2) is 8.36. The van der Waals surface area contributed by atoms with E-state index < -0.39 is 5.91 Å². The Bertz CT molecular complexity index is 726. The number of phenols is 1. The maximum Gasteiger partial charge on any atom is 0.275 e. The van der Waals surface area contributed by atoms with Crippen molar-refractivity contribution < 1.29 is 9.90 Å². The highest BCUT2D eigenvalue weighted by Crippen LogP contribution is 2.21. The number of anilines is 1. The molecule has 2 rings (SSSR count). The van der Waals surface area contributed by atoms with Gasteiger partial charge in [-0.05, 0) is 49.7 Å². The highest BCUT2D eigenvalue weighted by atomic mass is 35.5. The van der Waals surface area contributed by atoms with E-state index in [1.54, 1.807) is 6.21 Å². The molecule has 0 unspecified atom stereocenters. The SMILES string of the molecule is CCN(CC)c1ccc(/C=N/NC(=O)c2cc(Cl)ccc2O)cc1. The zero-order valence-electron chi connectivity index (χ0n) is 13.7. The Balaban J connectivity index is 2.01. The molecule has 2 aromatic rings. The van der Waals surface area contributed by atoms with Gasteiger partial charge in [0, 0.05) is 23.8 Å². The van der Waals surface area contributed by atoms with Crippen LogP contribution in [0.25, 0.3) is 0 Å². The smallest absolute Gasteiger partial charge is 0.275 e. The fraction of sp³-hybridized carbons (Fsp3) is 0.222. The van der Waals surface area contributed by atoms with Crippen LogP contribution in [0, 0.1) is 0 Å². The maximum absolute atomic E-state index is 12.0. The van der Waals surface area contributed by atoms with Crippen LogP contribution in [0.3, 0.4) is 0 Å². The van der Waals surface area contributed by atoms with Crippen molar-refractivity contribution in [2.75, 3.05) is 18.0 Å². The summed E-state index contributed by atoms with van der Waals surface area (Å²) < 4.78 is 0. The van der Waals surface area contributed by atoms with Crippen LogP contribution in [0.5, 0.6) is 5.75 Å². The monoisotopic (exact) mass is 345 g/mol. The molecule has 0 fully saturated rings. The van der Waals surface area contributed by atoms with Crippen LogP contribution in [-0.4, -0.2) is 30.3 Å². The second-order valence-corrected chi connectivity index (χ2v) is 5.56. The summed E-state index contributed by atoms with van der Waals surface area (Å²) in [6.07, 6.45) is 1.55. The lowest BCUT2D eigenvalue weighted by atomic mass is 10.2. The molecule has 0 bridgehead atoms. The number of hydrazone groups is 1. The predicted octanol–water partition coefficient (Wildman–Crippen LogP) is 3.66. The van der Waals surface area contributed by atoms with Gasteiger partial charge in [-0.25, -0.2) is 5.43 Å². The van der Waals surface area contributed by atoms with Gasteiger partial charge < -0.3 is 10.0 Å². The Morgan fingerprint density at radius 3 is 2.50 bits per heavy atom. The van der Waals surface area contributed by atoms with Crippen molar-refractivity contribution in [3.8, 4) is 5.75 Å². The van der Waals surface area contributed by atoms with Crippen molar-refractivity contribution in [2.45, 2.75) is 13.8 Å². The largest absolute Gasteiger partial charge is 0.507 e. The van der Waals surface area contributed by atoms with Crippen molar-refractivity contribution in [2.24, 2.45) is 5.10 Å². The zero-order chi connectivity index (χ0) is 17.5. The van der Waals surface area contributed by atoms with Gasteiger partial charge in [-0.15, -0.1) is 0 Å². The van der Waals surface area contributed by atoms with E-state index in [4.69, 9.17) is 11.6 Å². The second-order valence-electron chi connectivity index (χ2n) is 5.12. The Labute approximate surface area is 146 Å². The lowest BCUT2D eigenvalue weighted by molar-refractivity contribution is 0.0952. The predicted molar refractivity (Wildman–Crippen MR) is 98.2 cm³/mol. The number of amides is 1. The van der Waals surface area contributed by atoms with Crippen molar-refractivity contribution >= 4 is 29.4 Å². The number of aromatic hydroxyl groups is 1. The first-order valence-electron chi connectivity index (χ1n) is 7.72. The van der Waals surface area contributed by atoms with Gasteiger partial charge in [0.2, 0.25) is 0 Å². The van der Waals surface area contributed by atoms with Crippen LogP contribution in [0.4, 0.5) is 5.69 Å². The Morgan fingerprint density at radius 2 is 1.88 bits per heavy atom. The number of phenolic OH excluding ortho intramolecular Hbond substituents is 1. The molecule has 24 heavy (non-hydrogen) atoms. The van der Waals surface area contributed by atoms with E-state index in [-0.39, 0.29) is 11.3 Å². The molecule has 5 nitrogen and oxygen atoms in total. The van der Waals surface area contributed by atoms with Gasteiger partial charge in [0.15, 0.2) is 0 Å². The van der Waals surface area contributed by atoms with Gasteiger partial charge in [0.25, 0.3) is 5.91 Å². The fourth-order valence-corrected chi connectivity index (χ4v) is 2.45. The molecular formula is C18H20ClN3O2. The van der Waals surface area contributed by atoms with Crippen LogP contribution in [-0.2, 0) is 0 Å². The lowest BCUT2D eigenvalue weighted by Gasteiger charge is -2.20. The number of rotatable bonds is 6. The molecule has 0 atom stereocenters. The molecule has 6 heteroatoms. The number of hydrogen-bond donors (Lipinski definition) is 2. The minimum absolute atomic E-state index is 0.0801. The van der Waals surface area contributed by atoms with Crippen LogP contribution in [0.1, 0.15) is 29.8 Å². The number of carbonyl (C=O) groups is 1. The molecular weight excluding hydrogens is 326 g/mol. The lowest BCUT2D eigenvalue weighted by Crippen LogP contribution is -2.21. The summed E-state index contributed by atoms with van der Waals surface area (Å²) in [4.78, 5) is 14.2. The number of nitrogens with zero attached hydrogens (tertiary/aromatic N) is 2. The van der Waals surface area contributed by atoms with E-state index in [9.17, 15) is 9.90 Å². The van der Waals surface area contributed by atoms with Crippen molar-refractivity contribution in [1.82, 2.24) is 5.43 Å². The number of benzene rings is 2. The molecule has 0 saturated carbocycles. The van der Waals surface area contributed by atoms with Gasteiger partial charge in [0.1, 0.15) is 5.75 Å². The van der Waals surface area contributed by atoms with Crippen LogP contribution in [0.15, 0.2) is 47.6 Å². The molecule has 0 aliphatic carbocycles. The van der Waals surface area contributed by atoms with Gasteiger partial charge in [-0.2, -0.15) is 5.10 Å². The Kier molecular flexibility index (Phi) is 6.21. The van der Waals surface area contributed by atoms with Gasteiger partial charge in [0.05, 0.1) is 11.8 Å². The Morgan fingerprint density at radius 1 is 1.21 bits per heavy atom. The summed E-state index contributed by atoms with van der Waals surface area (Å²) in [6, 6.07) is 12.2. The highest BCUT2D eigenvalue weighted by Gasteiger charge is 2.10. The van der Waals surface area contributed by atoms with E-state index in [1.807, 2.05) is 24.3 Å². The van der Waals surface area contributed by atoms with Crippen molar-refractivity contribution in [3.63, 3.8) is 0 Å². The molecule has 2 aromatic carbocycles. The first-order chi connectivity index (χ1) is 11.5. The van der Waals surface area contributed by atoms with Gasteiger partial charge in [-0.3, -0.25) is 4.79 Å². The standard InChI is InChI=1S/C18H20ClN3O2/c1-3-22(4-2)15-8-5-13(6-9-15)12-20-21-18(24)16-11-14(19)7-10-17(16)23/h5-12,23H,3-4H2,1-2H3,(H,21,24)/b20-12+. The van der Waals surface area contributed by atoms with Gasteiger partial charge >= 0.3 is 0 Å². The molecule has 0 spiro atoms. The first-order valence-corrected chi connectivity index (χ1v) is 8.09. The number of nitrogens with one attached hydrogen (secondary N) is 1. The summed E-state index contributed by atoms with van der Waals surface area (Å²) in [7, 11) is 0. The molecule has 0 aliphatic rings. The first kappa shape index (κ1) is 17.8. The average Bonchev–Trinajstić information content (AvgIpc) is 2.59. The topological polar surface area (TPSA) is 64.9 Å². The summed E-state index contributed by atoms with van der Waals surface area (Å²) in [5.41, 5.74) is 4.46. The molecule has 0 aromatic heterocycles. The van der Waals surface area contributed by atoms with Crippen LogP contribution in [0.2, 0.25) is 5.02 Å². The van der Waals surface area contributed by atoms with E-state index in [0.29, 0.717) is 5.02 Å². The van der Waals surface area contributed by atoms with E-state index >= 15 is 0 Å². The van der Waals surface area contributed by atoms with Crippen LogP contribution >= 0.6 is 11.6 Å². The third kappa shape index (κ3) is 4.49. The fourth-order valence-electron chi connectivity index (χ4n) is 2.28. The summed E-state index contributed by atoms with van der Waals surface area (Å²) in [6.45, 7) is 6.12. The summed E-state index contributed by atoms with van der Waals surface area (Å²) in [5.74, 6) is -0.665. The minimum Gasteiger partial charge on any atom is -0.507 e. The normalized spacial score (nSPS) is 10.8. The van der Waals surface area contributed by atoms with E-state index in [2.05, 4.69) is 29.3 Å². The average molecular weight is 346 g/mol. The van der Waals surface area contributed by atoms with E-state index in [0.717, 1.165) is 24.3 Å². The van der Waals surface area contributed by atoms with Crippen molar-refractivity contribution in [1.29, 1.82) is 0 Å².